The van der Waals surface area contributed by atoms with E-state index in [0.29, 0.717) is 11.3 Å². The van der Waals surface area contributed by atoms with Crippen molar-refractivity contribution in [2.45, 2.75) is 6.10 Å². The van der Waals surface area contributed by atoms with Gasteiger partial charge in [0.2, 0.25) is 0 Å². The Hall–Kier alpha value is -2.34. The molecule has 3 rings (SSSR count). The van der Waals surface area contributed by atoms with E-state index in [0.717, 1.165) is 5.52 Å². The molecule has 1 unspecified atom stereocenters. The second-order valence-corrected chi connectivity index (χ2v) is 3.54. The maximum atomic E-state index is 10.2. The van der Waals surface area contributed by atoms with Gasteiger partial charge in [0.25, 0.3) is 0 Å². The topological polar surface area (TPSA) is 76.2 Å². The van der Waals surface area contributed by atoms with Crippen LogP contribution >= 0.6 is 0 Å². The molecular weight excluding hydrogens is 218 g/mol. The minimum Gasteiger partial charge on any atom is -0.382 e. The lowest BCUT2D eigenvalue weighted by atomic mass is 10.1. The average Bonchev–Trinajstić information content (AvgIpc) is 2.83. The molecule has 84 valence electrons. The summed E-state index contributed by atoms with van der Waals surface area (Å²) in [5.74, 6) is 0. The molecule has 0 radical (unpaired) electrons. The van der Waals surface area contributed by atoms with Gasteiger partial charge in [0.05, 0.1) is 29.8 Å². The Morgan fingerprint density at radius 1 is 1.06 bits per heavy atom. The molecule has 0 saturated heterocycles. The van der Waals surface area contributed by atoms with Crippen LogP contribution in [0.5, 0.6) is 0 Å². The van der Waals surface area contributed by atoms with E-state index in [4.69, 9.17) is 0 Å². The van der Waals surface area contributed by atoms with Gasteiger partial charge in [0.1, 0.15) is 6.10 Å². The summed E-state index contributed by atoms with van der Waals surface area (Å²) in [4.78, 5) is 12.0. The van der Waals surface area contributed by atoms with E-state index >= 15 is 0 Å². The fraction of sp³-hybridized carbons (Fsp3) is 0.0909. The van der Waals surface area contributed by atoms with Crippen LogP contribution in [0.2, 0.25) is 0 Å². The largest absolute Gasteiger partial charge is 0.382 e. The smallest absolute Gasteiger partial charge is 0.126 e. The Balaban J connectivity index is 2.10. The molecule has 3 heterocycles. The summed E-state index contributed by atoms with van der Waals surface area (Å²) >= 11 is 0. The Labute approximate surface area is 96.6 Å². The van der Waals surface area contributed by atoms with Crippen molar-refractivity contribution < 1.29 is 5.11 Å². The van der Waals surface area contributed by atoms with Gasteiger partial charge in [-0.1, -0.05) is 0 Å². The zero-order valence-corrected chi connectivity index (χ0v) is 8.80. The molecule has 0 saturated carbocycles. The quantitative estimate of drug-likeness (QED) is 0.693. The van der Waals surface area contributed by atoms with Crippen LogP contribution in [0, 0.1) is 0 Å². The monoisotopic (exact) mass is 227 g/mol. The molecule has 0 aliphatic heterocycles. The van der Waals surface area contributed by atoms with Gasteiger partial charge < -0.3 is 5.11 Å². The Bertz CT molecular complexity index is 636. The SMILES string of the molecule is OC(c1cnccn1)c1cnn2ccncc12. The van der Waals surface area contributed by atoms with E-state index < -0.39 is 6.10 Å². The second-order valence-electron chi connectivity index (χ2n) is 3.54. The minimum absolute atomic E-state index is 0.492. The Morgan fingerprint density at radius 3 is 2.76 bits per heavy atom. The van der Waals surface area contributed by atoms with E-state index in [1.54, 1.807) is 41.7 Å². The highest BCUT2D eigenvalue weighted by Crippen LogP contribution is 2.22. The molecular formula is C11H9N5O. The molecule has 17 heavy (non-hydrogen) atoms. The number of aromatic nitrogens is 5. The van der Waals surface area contributed by atoms with Crippen molar-refractivity contribution in [3.05, 3.63) is 54.6 Å². The predicted molar refractivity (Wildman–Crippen MR) is 59.1 cm³/mol. The van der Waals surface area contributed by atoms with Gasteiger partial charge in [-0.2, -0.15) is 5.10 Å². The number of aliphatic hydroxyl groups excluding tert-OH is 1. The third-order valence-corrected chi connectivity index (χ3v) is 2.51. The second kappa shape index (κ2) is 3.91. The first-order valence-corrected chi connectivity index (χ1v) is 5.07. The van der Waals surface area contributed by atoms with Gasteiger partial charge in [0, 0.05) is 30.4 Å². The van der Waals surface area contributed by atoms with Crippen molar-refractivity contribution in [2.75, 3.05) is 0 Å². The van der Waals surface area contributed by atoms with Crippen LogP contribution in [0.25, 0.3) is 5.52 Å². The fourth-order valence-electron chi connectivity index (χ4n) is 1.67. The van der Waals surface area contributed by atoms with Gasteiger partial charge in [0.15, 0.2) is 0 Å². The maximum absolute atomic E-state index is 10.2. The molecule has 0 spiro atoms. The number of aliphatic hydroxyl groups is 1. The molecule has 1 atom stereocenters. The van der Waals surface area contributed by atoms with E-state index in [1.165, 1.54) is 6.20 Å². The van der Waals surface area contributed by atoms with Crippen molar-refractivity contribution >= 4 is 5.52 Å². The molecule has 1 N–H and O–H groups in total. The third kappa shape index (κ3) is 1.64. The van der Waals surface area contributed by atoms with Crippen molar-refractivity contribution in [3.8, 4) is 0 Å². The van der Waals surface area contributed by atoms with Crippen LogP contribution in [-0.4, -0.2) is 29.7 Å². The number of hydrogen-bond acceptors (Lipinski definition) is 5. The summed E-state index contributed by atoms with van der Waals surface area (Å²) in [7, 11) is 0. The predicted octanol–water partition coefficient (Wildman–Crippen LogP) is 0.601. The van der Waals surface area contributed by atoms with E-state index in [2.05, 4.69) is 20.1 Å². The maximum Gasteiger partial charge on any atom is 0.126 e. The summed E-state index contributed by atoms with van der Waals surface area (Å²) in [6.07, 6.45) is 10.4. The van der Waals surface area contributed by atoms with Crippen LogP contribution in [0.15, 0.2) is 43.4 Å². The zero-order valence-electron chi connectivity index (χ0n) is 8.80. The van der Waals surface area contributed by atoms with Crippen LogP contribution in [0.4, 0.5) is 0 Å². The minimum atomic E-state index is -0.842. The number of rotatable bonds is 2. The number of fused-ring (bicyclic) bond motifs is 1. The fourth-order valence-corrected chi connectivity index (χ4v) is 1.67. The summed E-state index contributed by atoms with van der Waals surface area (Å²) in [6.45, 7) is 0. The third-order valence-electron chi connectivity index (χ3n) is 2.51. The number of nitrogens with zero attached hydrogens (tertiary/aromatic N) is 5. The van der Waals surface area contributed by atoms with Gasteiger partial charge in [-0.05, 0) is 0 Å². The molecule has 3 aromatic rings. The van der Waals surface area contributed by atoms with E-state index in [-0.39, 0.29) is 0 Å². The lowest BCUT2D eigenvalue weighted by molar-refractivity contribution is 0.216. The molecule has 6 heteroatoms. The van der Waals surface area contributed by atoms with Crippen molar-refractivity contribution in [1.82, 2.24) is 24.6 Å². The molecule has 0 fully saturated rings. The van der Waals surface area contributed by atoms with Crippen molar-refractivity contribution in [2.24, 2.45) is 0 Å². The molecule has 0 amide bonds. The molecule has 0 aliphatic rings. The molecule has 0 bridgehead atoms. The molecule has 0 aromatic carbocycles. The van der Waals surface area contributed by atoms with E-state index in [1.807, 2.05) is 0 Å². The van der Waals surface area contributed by atoms with Gasteiger partial charge in [-0.3, -0.25) is 15.0 Å². The van der Waals surface area contributed by atoms with Crippen LogP contribution in [0.1, 0.15) is 17.4 Å². The zero-order chi connectivity index (χ0) is 11.7. The van der Waals surface area contributed by atoms with Crippen molar-refractivity contribution in [3.63, 3.8) is 0 Å². The standard InChI is InChI=1S/C11H9N5O/c17-11(9-6-12-1-2-14-9)8-5-15-16-4-3-13-7-10(8)16/h1-7,11,17H. The van der Waals surface area contributed by atoms with Crippen LogP contribution < -0.4 is 0 Å². The van der Waals surface area contributed by atoms with Gasteiger partial charge >= 0.3 is 0 Å². The highest BCUT2D eigenvalue weighted by Gasteiger charge is 2.16. The van der Waals surface area contributed by atoms with Gasteiger partial charge in [-0.15, -0.1) is 0 Å². The number of hydrogen-bond donors (Lipinski definition) is 1. The highest BCUT2D eigenvalue weighted by molar-refractivity contribution is 5.54. The molecule has 3 aromatic heterocycles. The first-order valence-electron chi connectivity index (χ1n) is 5.07. The van der Waals surface area contributed by atoms with E-state index in [9.17, 15) is 5.11 Å². The highest BCUT2D eigenvalue weighted by atomic mass is 16.3. The Kier molecular flexibility index (Phi) is 2.27. The van der Waals surface area contributed by atoms with Crippen LogP contribution in [-0.2, 0) is 0 Å². The summed E-state index contributed by atoms with van der Waals surface area (Å²) in [6, 6.07) is 0. The summed E-state index contributed by atoms with van der Waals surface area (Å²) < 4.78 is 1.65. The summed E-state index contributed by atoms with van der Waals surface area (Å²) in [5.41, 5.74) is 1.91. The molecule has 6 nitrogen and oxygen atoms in total. The molecule has 0 aliphatic carbocycles. The van der Waals surface area contributed by atoms with Gasteiger partial charge in [-0.25, -0.2) is 4.52 Å². The first-order chi connectivity index (χ1) is 8.36. The first kappa shape index (κ1) is 9.86. The van der Waals surface area contributed by atoms with Crippen LogP contribution in [0.3, 0.4) is 0 Å². The lowest BCUT2D eigenvalue weighted by Gasteiger charge is -2.07. The normalized spacial score (nSPS) is 12.8. The van der Waals surface area contributed by atoms with Crippen molar-refractivity contribution in [1.29, 1.82) is 0 Å². The summed E-state index contributed by atoms with van der Waals surface area (Å²) in [5, 5.41) is 14.3. The lowest BCUT2D eigenvalue weighted by Crippen LogP contribution is -2.02. The Morgan fingerprint density at radius 2 is 1.94 bits per heavy atom. The average molecular weight is 227 g/mol.